The Kier molecular flexibility index (Phi) is 4.20. The van der Waals surface area contributed by atoms with Gasteiger partial charge in [-0.25, -0.2) is 0 Å². The van der Waals surface area contributed by atoms with Gasteiger partial charge in [-0.2, -0.15) is 0 Å². The van der Waals surface area contributed by atoms with Crippen LogP contribution in [-0.4, -0.2) is 25.5 Å². The van der Waals surface area contributed by atoms with Crippen LogP contribution in [0.15, 0.2) is 4.99 Å². The second-order valence-electron chi connectivity index (χ2n) is 1.73. The van der Waals surface area contributed by atoms with Gasteiger partial charge in [0.05, 0.1) is 0 Å². The summed E-state index contributed by atoms with van der Waals surface area (Å²) in [4.78, 5) is 14.3. The Morgan fingerprint density at radius 3 is 2.80 bits per heavy atom. The minimum absolute atomic E-state index is 0. The molecule has 0 bridgehead atoms. The zero-order valence-electron chi connectivity index (χ0n) is 5.55. The molecule has 0 aromatic heterocycles. The zero-order chi connectivity index (χ0) is 6.69. The smallest absolute Gasteiger partial charge is 0.180 e. The molecule has 1 heterocycles. The van der Waals surface area contributed by atoms with Gasteiger partial charge >= 0.3 is 0 Å². The first-order valence-electron chi connectivity index (χ1n) is 2.78. The van der Waals surface area contributed by atoms with Gasteiger partial charge in [-0.3, -0.25) is 4.79 Å². The third-order valence-corrected chi connectivity index (χ3v) is 1.06. The van der Waals surface area contributed by atoms with Crippen molar-refractivity contribution in [3.8, 4) is 0 Å². The summed E-state index contributed by atoms with van der Waals surface area (Å²) in [5.74, 6) is 0.362. The molecule has 0 aromatic rings. The van der Waals surface area contributed by atoms with Crippen molar-refractivity contribution in [3.05, 3.63) is 5.32 Å². The molecule has 10 heavy (non-hydrogen) atoms. The van der Waals surface area contributed by atoms with E-state index in [-0.39, 0.29) is 25.4 Å². The Morgan fingerprint density at radius 2 is 2.40 bits per heavy atom. The van der Waals surface area contributed by atoms with Gasteiger partial charge in [0.15, 0.2) is 5.91 Å². The molecule has 0 atom stereocenters. The van der Waals surface area contributed by atoms with Gasteiger partial charge in [-0.05, 0) is 13.6 Å². The van der Waals surface area contributed by atoms with Crippen molar-refractivity contribution in [2.24, 2.45) is 4.99 Å². The van der Waals surface area contributed by atoms with Crippen LogP contribution in [-0.2, 0) is 24.3 Å². The van der Waals surface area contributed by atoms with Crippen molar-refractivity contribution in [1.29, 1.82) is 0 Å². The molecule has 0 unspecified atom stereocenters. The van der Waals surface area contributed by atoms with E-state index >= 15 is 0 Å². The molecule has 0 saturated carbocycles. The minimum Gasteiger partial charge on any atom is -0.439 e. The summed E-state index contributed by atoms with van der Waals surface area (Å²) in [6, 6.07) is 0. The molecule has 1 radical (unpaired) electrons. The van der Waals surface area contributed by atoms with Gasteiger partial charge in [-0.15, -0.1) is 0 Å². The fraction of sp³-hybridized carbons (Fsp3) is 0.600. The Hall–Kier alpha value is -0.437. The maximum absolute atomic E-state index is 10.5. The fourth-order valence-corrected chi connectivity index (χ4v) is 0.624. The first kappa shape index (κ1) is 9.56. The Morgan fingerprint density at radius 1 is 1.70 bits per heavy atom. The monoisotopic (exact) mass is 229 g/mol. The maximum atomic E-state index is 10.5. The molecule has 4 nitrogen and oxygen atoms in total. The zero-order valence-corrected chi connectivity index (χ0v) is 7.19. The third-order valence-electron chi connectivity index (χ3n) is 1.06. The van der Waals surface area contributed by atoms with Crippen LogP contribution in [0.1, 0.15) is 6.42 Å². The fourth-order valence-electron chi connectivity index (χ4n) is 0.624. The van der Waals surface area contributed by atoms with Crippen molar-refractivity contribution in [2.45, 2.75) is 6.42 Å². The van der Waals surface area contributed by atoms with Crippen molar-refractivity contribution in [1.82, 2.24) is 5.32 Å². The van der Waals surface area contributed by atoms with Gasteiger partial charge < -0.3 is 15.6 Å². The van der Waals surface area contributed by atoms with Crippen LogP contribution >= 0.6 is 0 Å². The van der Waals surface area contributed by atoms with E-state index in [9.17, 15) is 4.79 Å². The van der Waals surface area contributed by atoms with E-state index in [4.69, 9.17) is 0 Å². The second kappa shape index (κ2) is 4.39. The Labute approximate surface area is 72.2 Å². The maximum Gasteiger partial charge on any atom is 0.180 e. The summed E-state index contributed by atoms with van der Waals surface area (Å²) < 4.78 is 0. The molecule has 59 valence electrons. The minimum atomic E-state index is -0.0886. The average Bonchev–Trinajstić information content (AvgIpc) is 1.88. The SMILES string of the molecule is CN=C1[N-]C(=O)CCN1.[Rh]. The molecule has 5 heteroatoms. The summed E-state index contributed by atoms with van der Waals surface area (Å²) in [6.07, 6.45) is 0.485. The number of carbonyl (C=O) groups excluding carboxylic acids is 1. The number of nitrogens with zero attached hydrogens (tertiary/aromatic N) is 2. The van der Waals surface area contributed by atoms with E-state index < -0.39 is 0 Å². The van der Waals surface area contributed by atoms with Crippen LogP contribution in [0.25, 0.3) is 5.32 Å². The number of hydrogen-bond acceptors (Lipinski definition) is 2. The molecule has 1 fully saturated rings. The first-order valence-corrected chi connectivity index (χ1v) is 2.78. The Bertz CT molecular complexity index is 157. The van der Waals surface area contributed by atoms with Gasteiger partial charge in [0.1, 0.15) is 0 Å². The summed E-state index contributed by atoms with van der Waals surface area (Å²) in [6.45, 7) is 0.662. The second-order valence-corrected chi connectivity index (χ2v) is 1.73. The number of aliphatic imine (C=N–C) groups is 1. The predicted octanol–water partition coefficient (Wildman–Crippen LogP) is -0.137. The quantitative estimate of drug-likeness (QED) is 0.588. The summed E-state index contributed by atoms with van der Waals surface area (Å²) in [5.41, 5.74) is 0. The number of guanidine groups is 1. The normalized spacial score (nSPS) is 20.9. The van der Waals surface area contributed by atoms with Crippen LogP contribution in [0.2, 0.25) is 0 Å². The number of hydrogen-bond donors (Lipinski definition) is 1. The first-order chi connectivity index (χ1) is 4.33. The number of amides is 1. The number of nitrogens with one attached hydrogen (secondary N) is 1. The topological polar surface area (TPSA) is 55.6 Å². The van der Waals surface area contributed by atoms with E-state index in [1.165, 1.54) is 0 Å². The molecule has 0 aromatic carbocycles. The van der Waals surface area contributed by atoms with Crippen LogP contribution in [0.3, 0.4) is 0 Å². The molecular weight excluding hydrogens is 221 g/mol. The van der Waals surface area contributed by atoms with E-state index in [1.807, 2.05) is 0 Å². The van der Waals surface area contributed by atoms with E-state index in [2.05, 4.69) is 15.6 Å². The predicted molar refractivity (Wildman–Crippen MR) is 34.3 cm³/mol. The van der Waals surface area contributed by atoms with Gasteiger partial charge in [0, 0.05) is 31.9 Å². The molecule has 1 saturated heterocycles. The van der Waals surface area contributed by atoms with Crippen LogP contribution in [0.5, 0.6) is 0 Å². The van der Waals surface area contributed by atoms with Crippen molar-refractivity contribution >= 4 is 11.9 Å². The van der Waals surface area contributed by atoms with Crippen LogP contribution < -0.4 is 5.32 Å². The third kappa shape index (κ3) is 2.44. The standard InChI is InChI=1S/C5H9N3O.Rh/c1-6-5-7-3-2-4(9)8-5;/h2-3H2,1H3,(H2,6,7,8,9);/p-1. The van der Waals surface area contributed by atoms with Crippen molar-refractivity contribution < 1.29 is 24.3 Å². The number of rotatable bonds is 0. The molecule has 1 rings (SSSR count). The largest absolute Gasteiger partial charge is 0.439 e. The molecular formula is C5H8N3ORh-. The van der Waals surface area contributed by atoms with Gasteiger partial charge in [-0.1, -0.05) is 0 Å². The average molecular weight is 229 g/mol. The van der Waals surface area contributed by atoms with Crippen LogP contribution in [0, 0.1) is 0 Å². The Balaban J connectivity index is 0.000000810. The van der Waals surface area contributed by atoms with Gasteiger partial charge in [0.2, 0.25) is 0 Å². The summed E-state index contributed by atoms with van der Waals surface area (Å²) in [7, 11) is 1.60. The molecule has 0 aliphatic carbocycles. The summed E-state index contributed by atoms with van der Waals surface area (Å²) in [5, 5.41) is 6.46. The molecule has 0 spiro atoms. The van der Waals surface area contributed by atoms with E-state index in [0.29, 0.717) is 18.9 Å². The summed E-state index contributed by atoms with van der Waals surface area (Å²) >= 11 is 0. The van der Waals surface area contributed by atoms with Gasteiger partial charge in [0.25, 0.3) is 0 Å². The molecule has 1 aliphatic heterocycles. The molecule has 1 N–H and O–H groups in total. The van der Waals surface area contributed by atoms with E-state index in [0.717, 1.165) is 0 Å². The molecule has 1 amide bonds. The molecule has 1 aliphatic rings. The van der Waals surface area contributed by atoms with Crippen molar-refractivity contribution in [3.63, 3.8) is 0 Å². The van der Waals surface area contributed by atoms with Crippen LogP contribution in [0.4, 0.5) is 0 Å². The van der Waals surface area contributed by atoms with Crippen molar-refractivity contribution in [2.75, 3.05) is 13.6 Å². The number of carbonyl (C=O) groups is 1. The van der Waals surface area contributed by atoms with E-state index in [1.54, 1.807) is 7.05 Å².